The Morgan fingerprint density at radius 2 is 1.72 bits per heavy atom. The molecular formula is C24H33N5OS2. The first-order valence-corrected chi connectivity index (χ1v) is 12.7. The lowest BCUT2D eigenvalue weighted by atomic mass is 9.81. The first-order valence-electron chi connectivity index (χ1n) is 11.0. The standard InChI is InChI=1S/C24H33N5OS2/c1-15-20(31-16(2)25-15)17-10-11-18(19(14-17)30-8)21-26-27-22(32-21)28(7)29-23(3,4)12-9-13-24(29,5)6/h10-11,14H,9,12-13H2,1-8H3. The molecule has 32 heavy (non-hydrogen) atoms. The van der Waals surface area contributed by atoms with Crippen LogP contribution in [0.1, 0.15) is 57.7 Å². The summed E-state index contributed by atoms with van der Waals surface area (Å²) in [5.41, 5.74) is 3.25. The van der Waals surface area contributed by atoms with Crippen LogP contribution >= 0.6 is 22.7 Å². The number of piperidine rings is 1. The minimum Gasteiger partial charge on any atom is -0.496 e. The van der Waals surface area contributed by atoms with Gasteiger partial charge >= 0.3 is 0 Å². The lowest BCUT2D eigenvalue weighted by Crippen LogP contribution is -2.64. The van der Waals surface area contributed by atoms with Gasteiger partial charge in [0, 0.05) is 18.1 Å². The van der Waals surface area contributed by atoms with Gasteiger partial charge in [0.1, 0.15) is 5.75 Å². The lowest BCUT2D eigenvalue weighted by Gasteiger charge is -2.55. The van der Waals surface area contributed by atoms with Crippen molar-refractivity contribution in [2.75, 3.05) is 19.2 Å². The van der Waals surface area contributed by atoms with E-state index < -0.39 is 0 Å². The number of aryl methyl sites for hydroxylation is 2. The second kappa shape index (κ2) is 8.39. The predicted molar refractivity (Wildman–Crippen MR) is 135 cm³/mol. The number of ether oxygens (including phenoxy) is 1. The number of thiazole rings is 1. The number of benzene rings is 1. The number of methoxy groups -OCH3 is 1. The SMILES string of the molecule is COc1cc(-c2sc(C)nc2C)ccc1-c1nnc(N(C)N2C(C)(C)CCCC2(C)C)s1. The maximum Gasteiger partial charge on any atom is 0.222 e. The van der Waals surface area contributed by atoms with Crippen molar-refractivity contribution in [3.05, 3.63) is 28.9 Å². The number of nitrogens with zero attached hydrogens (tertiary/aromatic N) is 5. The molecule has 2 aromatic heterocycles. The van der Waals surface area contributed by atoms with Crippen molar-refractivity contribution < 1.29 is 4.74 Å². The van der Waals surface area contributed by atoms with Crippen molar-refractivity contribution in [3.8, 4) is 26.8 Å². The largest absolute Gasteiger partial charge is 0.496 e. The van der Waals surface area contributed by atoms with Gasteiger partial charge in [0.2, 0.25) is 5.13 Å². The molecule has 3 aromatic rings. The first-order chi connectivity index (χ1) is 15.0. The van der Waals surface area contributed by atoms with Crippen LogP contribution in [-0.2, 0) is 0 Å². The summed E-state index contributed by atoms with van der Waals surface area (Å²) in [7, 11) is 3.81. The third kappa shape index (κ3) is 4.16. The summed E-state index contributed by atoms with van der Waals surface area (Å²) >= 11 is 3.31. The molecule has 4 rings (SSSR count). The van der Waals surface area contributed by atoms with E-state index in [0.29, 0.717) is 0 Å². The molecule has 6 nitrogen and oxygen atoms in total. The van der Waals surface area contributed by atoms with Crippen LogP contribution < -0.4 is 9.75 Å². The molecule has 0 atom stereocenters. The Morgan fingerprint density at radius 1 is 1.03 bits per heavy atom. The highest BCUT2D eigenvalue weighted by molar-refractivity contribution is 7.18. The van der Waals surface area contributed by atoms with E-state index >= 15 is 0 Å². The smallest absolute Gasteiger partial charge is 0.222 e. The molecule has 3 heterocycles. The highest BCUT2D eigenvalue weighted by Gasteiger charge is 2.44. The maximum atomic E-state index is 5.76. The lowest BCUT2D eigenvalue weighted by molar-refractivity contribution is -0.0326. The molecule has 0 saturated carbocycles. The molecule has 0 unspecified atom stereocenters. The van der Waals surface area contributed by atoms with Crippen LogP contribution in [0, 0.1) is 13.8 Å². The van der Waals surface area contributed by atoms with Gasteiger partial charge in [0.05, 0.1) is 28.3 Å². The van der Waals surface area contributed by atoms with Crippen LogP contribution in [0.2, 0.25) is 0 Å². The van der Waals surface area contributed by atoms with Gasteiger partial charge in [-0.25, -0.2) is 9.99 Å². The fourth-order valence-corrected chi connectivity index (χ4v) is 6.89. The fraction of sp³-hybridized carbons (Fsp3) is 0.542. The van der Waals surface area contributed by atoms with Gasteiger partial charge in [-0.1, -0.05) is 17.4 Å². The minimum absolute atomic E-state index is 0.0619. The van der Waals surface area contributed by atoms with E-state index in [9.17, 15) is 0 Å². The van der Waals surface area contributed by atoms with Gasteiger partial charge in [-0.15, -0.1) is 21.5 Å². The van der Waals surface area contributed by atoms with Gasteiger partial charge < -0.3 is 4.74 Å². The van der Waals surface area contributed by atoms with E-state index in [1.807, 2.05) is 6.92 Å². The third-order valence-corrected chi connectivity index (χ3v) is 8.46. The van der Waals surface area contributed by atoms with E-state index in [2.05, 4.69) is 85.1 Å². The van der Waals surface area contributed by atoms with E-state index in [1.54, 1.807) is 29.8 Å². The summed E-state index contributed by atoms with van der Waals surface area (Å²) in [6.45, 7) is 13.4. The van der Waals surface area contributed by atoms with Crippen molar-refractivity contribution in [3.63, 3.8) is 0 Å². The van der Waals surface area contributed by atoms with Gasteiger partial charge in [-0.2, -0.15) is 0 Å². The number of rotatable bonds is 5. The number of hydrazine groups is 1. The number of anilines is 1. The highest BCUT2D eigenvalue weighted by Crippen LogP contribution is 2.43. The number of hydrogen-bond acceptors (Lipinski definition) is 8. The van der Waals surface area contributed by atoms with Gasteiger partial charge in [0.25, 0.3) is 0 Å². The zero-order valence-electron chi connectivity index (χ0n) is 20.3. The molecule has 1 aliphatic rings. The molecule has 172 valence electrons. The van der Waals surface area contributed by atoms with Crippen LogP contribution in [0.25, 0.3) is 21.0 Å². The van der Waals surface area contributed by atoms with Gasteiger partial charge in [0.15, 0.2) is 5.01 Å². The maximum absolute atomic E-state index is 5.76. The quantitative estimate of drug-likeness (QED) is 0.432. The molecule has 0 spiro atoms. The van der Waals surface area contributed by atoms with Crippen molar-refractivity contribution in [2.24, 2.45) is 0 Å². The normalized spacial score (nSPS) is 18.0. The Hall–Kier alpha value is -2.03. The topological polar surface area (TPSA) is 54.4 Å². The Balaban J connectivity index is 1.67. The molecule has 0 N–H and O–H groups in total. The van der Waals surface area contributed by atoms with Crippen molar-refractivity contribution in [2.45, 2.75) is 71.9 Å². The summed E-state index contributed by atoms with van der Waals surface area (Å²) < 4.78 is 5.76. The van der Waals surface area contributed by atoms with Gasteiger partial charge in [-0.05, 0) is 78.5 Å². The van der Waals surface area contributed by atoms with Crippen LogP contribution in [0.3, 0.4) is 0 Å². The molecule has 0 amide bonds. The second-order valence-electron chi connectivity index (χ2n) is 9.77. The molecule has 1 aliphatic heterocycles. The molecule has 1 fully saturated rings. The minimum atomic E-state index is 0.0619. The Morgan fingerprint density at radius 3 is 2.31 bits per heavy atom. The molecule has 0 bridgehead atoms. The zero-order valence-corrected chi connectivity index (χ0v) is 21.9. The monoisotopic (exact) mass is 471 g/mol. The Labute approximate surface area is 199 Å². The average molecular weight is 472 g/mol. The van der Waals surface area contributed by atoms with Crippen LogP contribution in [0.5, 0.6) is 5.75 Å². The summed E-state index contributed by atoms with van der Waals surface area (Å²) in [5.74, 6) is 0.803. The summed E-state index contributed by atoms with van der Waals surface area (Å²) in [4.78, 5) is 5.74. The number of hydrogen-bond donors (Lipinski definition) is 0. The van der Waals surface area contributed by atoms with Crippen LogP contribution in [0.4, 0.5) is 5.13 Å². The Bertz CT molecular complexity index is 1100. The highest BCUT2D eigenvalue weighted by atomic mass is 32.1. The second-order valence-corrected chi connectivity index (χ2v) is 11.9. The average Bonchev–Trinajstić information content (AvgIpc) is 3.32. The zero-order chi connectivity index (χ0) is 23.3. The van der Waals surface area contributed by atoms with E-state index in [4.69, 9.17) is 4.74 Å². The van der Waals surface area contributed by atoms with Crippen molar-refractivity contribution >= 4 is 27.8 Å². The van der Waals surface area contributed by atoms with Crippen LogP contribution in [0.15, 0.2) is 18.2 Å². The summed E-state index contributed by atoms with van der Waals surface area (Å²) in [6.07, 6.45) is 3.57. The Kier molecular flexibility index (Phi) is 6.07. The molecule has 1 saturated heterocycles. The molecule has 8 heteroatoms. The summed E-state index contributed by atoms with van der Waals surface area (Å²) in [5, 5.41) is 16.6. The van der Waals surface area contributed by atoms with E-state index in [0.717, 1.165) is 50.6 Å². The first kappa shape index (κ1) is 23.1. The molecule has 0 radical (unpaired) electrons. The fourth-order valence-electron chi connectivity index (χ4n) is 5.15. The summed E-state index contributed by atoms with van der Waals surface area (Å²) in [6, 6.07) is 6.29. The predicted octanol–water partition coefficient (Wildman–Crippen LogP) is 6.35. The third-order valence-electron chi connectivity index (χ3n) is 6.31. The molecular weight excluding hydrogens is 438 g/mol. The molecule has 0 aliphatic carbocycles. The van der Waals surface area contributed by atoms with Gasteiger partial charge in [-0.3, -0.25) is 5.01 Å². The molecule has 1 aromatic carbocycles. The van der Waals surface area contributed by atoms with Crippen molar-refractivity contribution in [1.82, 2.24) is 20.2 Å². The van der Waals surface area contributed by atoms with Crippen molar-refractivity contribution in [1.29, 1.82) is 0 Å². The number of aromatic nitrogens is 3. The van der Waals surface area contributed by atoms with Crippen LogP contribution in [-0.4, -0.2) is 45.4 Å². The van der Waals surface area contributed by atoms with E-state index in [1.165, 1.54) is 11.3 Å². The van der Waals surface area contributed by atoms with E-state index in [-0.39, 0.29) is 11.1 Å².